The second kappa shape index (κ2) is 9.41. The summed E-state index contributed by atoms with van der Waals surface area (Å²) in [5, 5.41) is 9.20. The van der Waals surface area contributed by atoms with E-state index in [0.29, 0.717) is 12.5 Å². The van der Waals surface area contributed by atoms with E-state index in [0.717, 1.165) is 49.9 Å². The highest BCUT2D eigenvalue weighted by Gasteiger charge is 2.57. The van der Waals surface area contributed by atoms with Crippen LogP contribution in [0.1, 0.15) is 69.0 Å². The molecule has 3 atom stereocenters. The zero-order valence-electron chi connectivity index (χ0n) is 19.9. The third kappa shape index (κ3) is 4.31. The predicted molar refractivity (Wildman–Crippen MR) is 131 cm³/mol. The first-order valence-corrected chi connectivity index (χ1v) is 12.6. The zero-order chi connectivity index (χ0) is 23.7. The zero-order valence-corrected chi connectivity index (χ0v) is 19.9. The van der Waals surface area contributed by atoms with E-state index in [4.69, 9.17) is 4.74 Å². The van der Waals surface area contributed by atoms with Crippen LogP contribution >= 0.6 is 0 Å². The van der Waals surface area contributed by atoms with E-state index in [1.54, 1.807) is 0 Å². The van der Waals surface area contributed by atoms with E-state index < -0.39 is 5.97 Å². The van der Waals surface area contributed by atoms with Crippen molar-refractivity contribution in [1.82, 2.24) is 4.90 Å². The van der Waals surface area contributed by atoms with Crippen molar-refractivity contribution >= 4 is 17.7 Å². The summed E-state index contributed by atoms with van der Waals surface area (Å²) in [7, 11) is 0. The Morgan fingerprint density at radius 1 is 1.09 bits per heavy atom. The fourth-order valence-electron chi connectivity index (χ4n) is 6.29. The van der Waals surface area contributed by atoms with Gasteiger partial charge in [-0.1, -0.05) is 61.9 Å². The van der Waals surface area contributed by atoms with Crippen molar-refractivity contribution in [2.45, 2.75) is 76.6 Å². The lowest BCUT2D eigenvalue weighted by molar-refractivity contribution is -0.137. The number of para-hydroxylation sites is 1. The number of benzene rings is 2. The van der Waals surface area contributed by atoms with E-state index in [1.165, 1.54) is 5.56 Å². The molecule has 1 heterocycles. The molecule has 0 spiro atoms. The SMILES string of the molecule is C[C@]12CCC[C@H]1N(C(=O)OCc1ccccc1)c1ccccc1[C@@H]2N(CCCC(=O)O)C1CC1. The van der Waals surface area contributed by atoms with Crippen LogP contribution in [0.15, 0.2) is 54.6 Å². The van der Waals surface area contributed by atoms with E-state index in [-0.39, 0.29) is 36.6 Å². The van der Waals surface area contributed by atoms with Crippen molar-refractivity contribution in [2.75, 3.05) is 11.4 Å². The molecule has 2 aromatic carbocycles. The number of amides is 1. The van der Waals surface area contributed by atoms with Gasteiger partial charge in [-0.05, 0) is 55.8 Å². The van der Waals surface area contributed by atoms with Gasteiger partial charge in [-0.3, -0.25) is 14.6 Å². The van der Waals surface area contributed by atoms with Crippen LogP contribution in [0.4, 0.5) is 10.5 Å². The number of carboxylic acids is 1. The summed E-state index contributed by atoms with van der Waals surface area (Å²) in [6.45, 7) is 3.36. The smallest absolute Gasteiger partial charge is 0.414 e. The van der Waals surface area contributed by atoms with Crippen molar-refractivity contribution in [3.05, 3.63) is 65.7 Å². The maximum atomic E-state index is 13.5. The number of rotatable bonds is 8. The maximum absolute atomic E-state index is 13.5. The van der Waals surface area contributed by atoms with Crippen molar-refractivity contribution in [3.8, 4) is 0 Å². The Bertz CT molecular complexity index is 1040. The molecule has 3 aliphatic rings. The van der Waals surface area contributed by atoms with Gasteiger partial charge in [0.25, 0.3) is 0 Å². The molecule has 180 valence electrons. The van der Waals surface area contributed by atoms with E-state index >= 15 is 0 Å². The molecule has 5 rings (SSSR count). The van der Waals surface area contributed by atoms with E-state index in [9.17, 15) is 14.7 Å². The number of carboxylic acid groups (broad SMARTS) is 1. The van der Waals surface area contributed by atoms with Crippen LogP contribution in [0.3, 0.4) is 0 Å². The minimum Gasteiger partial charge on any atom is -0.481 e. The van der Waals surface area contributed by atoms with Crippen LogP contribution in [0.25, 0.3) is 0 Å². The summed E-state index contributed by atoms with van der Waals surface area (Å²) in [6.07, 6.45) is 5.95. The lowest BCUT2D eigenvalue weighted by Gasteiger charge is -2.53. The number of hydrogen-bond acceptors (Lipinski definition) is 4. The fraction of sp³-hybridized carbons (Fsp3) is 0.500. The molecular weight excluding hydrogens is 428 g/mol. The Balaban J connectivity index is 1.47. The fourth-order valence-corrected chi connectivity index (χ4v) is 6.29. The molecule has 0 radical (unpaired) electrons. The Morgan fingerprint density at radius 2 is 1.82 bits per heavy atom. The number of carbonyl (C=O) groups is 2. The summed E-state index contributed by atoms with van der Waals surface area (Å²) >= 11 is 0. The summed E-state index contributed by atoms with van der Waals surface area (Å²) in [6, 6.07) is 18.8. The minimum atomic E-state index is -0.739. The first-order chi connectivity index (χ1) is 16.5. The number of anilines is 1. The van der Waals surface area contributed by atoms with Gasteiger partial charge in [0, 0.05) is 30.0 Å². The van der Waals surface area contributed by atoms with Crippen LogP contribution in [0.5, 0.6) is 0 Å². The minimum absolute atomic E-state index is 0.0661. The lowest BCUT2D eigenvalue weighted by Crippen LogP contribution is -2.57. The van der Waals surface area contributed by atoms with Gasteiger partial charge in [0.05, 0.1) is 5.69 Å². The lowest BCUT2D eigenvalue weighted by atomic mass is 9.69. The Kier molecular flexibility index (Phi) is 6.34. The van der Waals surface area contributed by atoms with Crippen LogP contribution in [-0.4, -0.2) is 40.7 Å². The van der Waals surface area contributed by atoms with Crippen LogP contribution < -0.4 is 4.90 Å². The van der Waals surface area contributed by atoms with Crippen molar-refractivity contribution < 1.29 is 19.4 Å². The molecule has 0 unspecified atom stereocenters. The molecule has 0 saturated heterocycles. The largest absolute Gasteiger partial charge is 0.481 e. The summed E-state index contributed by atoms with van der Waals surface area (Å²) in [5.74, 6) is -0.739. The second-order valence-corrected chi connectivity index (χ2v) is 10.3. The molecule has 1 N–H and O–H groups in total. The first-order valence-electron chi connectivity index (χ1n) is 12.6. The second-order valence-electron chi connectivity index (χ2n) is 10.3. The third-order valence-electron chi connectivity index (χ3n) is 7.94. The molecule has 6 nitrogen and oxygen atoms in total. The molecule has 34 heavy (non-hydrogen) atoms. The molecule has 1 aliphatic heterocycles. The van der Waals surface area contributed by atoms with E-state index in [1.807, 2.05) is 47.4 Å². The number of aliphatic carboxylic acids is 1. The van der Waals surface area contributed by atoms with Gasteiger partial charge in [-0.2, -0.15) is 0 Å². The molecule has 0 aromatic heterocycles. The third-order valence-corrected chi connectivity index (χ3v) is 7.94. The standard InChI is InChI=1S/C28H34N2O4/c1-28-17-7-13-24(28)30(27(33)34-19-20-9-3-2-4-10-20)23-12-6-5-11-22(23)26(28)29(21-15-16-21)18-8-14-25(31)32/h2-6,9-12,21,24,26H,7-8,13-19H2,1H3,(H,31,32)/t24-,26+,28+/m1/s1. The Hall–Kier alpha value is -2.86. The summed E-state index contributed by atoms with van der Waals surface area (Å²) < 4.78 is 5.83. The topological polar surface area (TPSA) is 70.1 Å². The maximum Gasteiger partial charge on any atom is 0.414 e. The molecule has 0 bridgehead atoms. The van der Waals surface area contributed by atoms with Crippen molar-refractivity contribution in [2.24, 2.45) is 5.41 Å². The van der Waals surface area contributed by atoms with Gasteiger partial charge < -0.3 is 9.84 Å². The average Bonchev–Trinajstić information content (AvgIpc) is 3.60. The summed E-state index contributed by atoms with van der Waals surface area (Å²) in [4.78, 5) is 29.2. The molecule has 6 heteroatoms. The molecule has 2 aliphatic carbocycles. The van der Waals surface area contributed by atoms with Crippen molar-refractivity contribution in [3.63, 3.8) is 0 Å². The monoisotopic (exact) mass is 462 g/mol. The normalized spacial score (nSPS) is 25.6. The van der Waals surface area contributed by atoms with Gasteiger partial charge in [0.2, 0.25) is 0 Å². The van der Waals surface area contributed by atoms with E-state index in [2.05, 4.69) is 24.0 Å². The van der Waals surface area contributed by atoms with Gasteiger partial charge >= 0.3 is 12.1 Å². The number of nitrogens with zero attached hydrogens (tertiary/aromatic N) is 2. The van der Waals surface area contributed by atoms with Gasteiger partial charge in [-0.25, -0.2) is 4.79 Å². The molecule has 1 amide bonds. The highest BCUT2D eigenvalue weighted by Crippen LogP contribution is 2.59. The average molecular weight is 463 g/mol. The van der Waals surface area contributed by atoms with Crippen LogP contribution in [0, 0.1) is 5.41 Å². The number of ether oxygens (including phenoxy) is 1. The predicted octanol–water partition coefficient (Wildman–Crippen LogP) is 5.77. The molecular formula is C28H34N2O4. The summed E-state index contributed by atoms with van der Waals surface area (Å²) in [5.41, 5.74) is 2.98. The van der Waals surface area contributed by atoms with Crippen LogP contribution in [-0.2, 0) is 16.1 Å². The number of carbonyl (C=O) groups excluding carboxylic acids is 1. The highest BCUT2D eigenvalue weighted by molar-refractivity contribution is 5.91. The van der Waals surface area contributed by atoms with Gasteiger partial charge in [-0.15, -0.1) is 0 Å². The molecule has 2 aromatic rings. The molecule has 2 fully saturated rings. The first kappa shape index (κ1) is 22.9. The van der Waals surface area contributed by atoms with Crippen molar-refractivity contribution in [1.29, 1.82) is 0 Å². The van der Waals surface area contributed by atoms with Crippen LogP contribution in [0.2, 0.25) is 0 Å². The highest BCUT2D eigenvalue weighted by atomic mass is 16.6. The van der Waals surface area contributed by atoms with Gasteiger partial charge in [0.1, 0.15) is 6.61 Å². The quantitative estimate of drug-likeness (QED) is 0.539. The van der Waals surface area contributed by atoms with Gasteiger partial charge in [0.15, 0.2) is 0 Å². The molecule has 2 saturated carbocycles. The number of fused-ring (bicyclic) bond motifs is 2. The Morgan fingerprint density at radius 3 is 2.56 bits per heavy atom. The Labute approximate surface area is 201 Å². The number of hydrogen-bond donors (Lipinski definition) is 1.